The third-order valence-corrected chi connectivity index (χ3v) is 5.04. The van der Waals surface area contributed by atoms with Gasteiger partial charge in [0.2, 0.25) is 5.78 Å². The normalized spacial score (nSPS) is 13.8. The van der Waals surface area contributed by atoms with Crippen molar-refractivity contribution < 1.29 is 4.79 Å². The van der Waals surface area contributed by atoms with Gasteiger partial charge in [0.25, 0.3) is 0 Å². The van der Waals surface area contributed by atoms with Crippen LogP contribution in [0.3, 0.4) is 0 Å². The molecule has 0 saturated carbocycles. The molecule has 0 amide bonds. The van der Waals surface area contributed by atoms with E-state index in [0.717, 1.165) is 29.7 Å². The van der Waals surface area contributed by atoms with Crippen molar-refractivity contribution in [3.05, 3.63) is 56.8 Å². The van der Waals surface area contributed by atoms with Crippen LogP contribution in [0.15, 0.2) is 30.3 Å². The van der Waals surface area contributed by atoms with E-state index in [9.17, 15) is 4.79 Å². The number of rotatable bonds is 4. The minimum atomic E-state index is 0.190. The van der Waals surface area contributed by atoms with Crippen molar-refractivity contribution in [2.24, 2.45) is 5.92 Å². The van der Waals surface area contributed by atoms with Gasteiger partial charge in [-0.2, -0.15) is 0 Å². The molecular weight excluding hydrogens is 264 g/mol. The maximum atomic E-state index is 12.6. The molecule has 1 nitrogen and oxygen atoms in total. The molecular formula is C18H20OS. The van der Waals surface area contributed by atoms with Gasteiger partial charge in [-0.15, -0.1) is 11.3 Å². The van der Waals surface area contributed by atoms with Crippen LogP contribution in [-0.4, -0.2) is 5.78 Å². The molecule has 0 radical (unpaired) electrons. The molecule has 1 aliphatic carbocycles. The summed E-state index contributed by atoms with van der Waals surface area (Å²) in [5.74, 6) is 0.806. The Morgan fingerprint density at radius 3 is 2.85 bits per heavy atom. The molecule has 0 saturated heterocycles. The molecule has 3 rings (SSSR count). The van der Waals surface area contributed by atoms with Crippen LogP contribution in [0.2, 0.25) is 0 Å². The monoisotopic (exact) mass is 284 g/mol. The molecule has 0 fully saturated rings. The third-order valence-electron chi connectivity index (χ3n) is 3.80. The van der Waals surface area contributed by atoms with Gasteiger partial charge in [0, 0.05) is 10.4 Å². The molecule has 1 aliphatic rings. The standard InChI is InChI=1S/C18H20OS/c1-12(2)9-13-5-3-7-15(10-13)18(19)17-11-14-6-4-8-16(14)20-17/h3,5,7,10-12H,4,6,8-9H2,1-2H3. The first-order valence-corrected chi connectivity index (χ1v) is 8.20. The van der Waals surface area contributed by atoms with E-state index in [0.29, 0.717) is 5.92 Å². The highest BCUT2D eigenvalue weighted by atomic mass is 32.1. The number of thiophene rings is 1. The molecule has 1 heterocycles. The molecule has 0 bridgehead atoms. The summed E-state index contributed by atoms with van der Waals surface area (Å²) in [7, 11) is 0. The number of benzene rings is 1. The largest absolute Gasteiger partial charge is 0.288 e. The highest BCUT2D eigenvalue weighted by Gasteiger charge is 2.19. The van der Waals surface area contributed by atoms with Crippen LogP contribution < -0.4 is 0 Å². The number of hydrogen-bond donors (Lipinski definition) is 0. The van der Waals surface area contributed by atoms with Gasteiger partial charge in [0.05, 0.1) is 4.88 Å². The molecule has 1 aromatic heterocycles. The number of carbonyl (C=O) groups excluding carboxylic acids is 1. The summed E-state index contributed by atoms with van der Waals surface area (Å²) in [4.78, 5) is 14.9. The first-order valence-electron chi connectivity index (χ1n) is 7.38. The van der Waals surface area contributed by atoms with Gasteiger partial charge in [-0.25, -0.2) is 0 Å². The third kappa shape index (κ3) is 2.71. The predicted octanol–water partition coefficient (Wildman–Crippen LogP) is 4.67. The van der Waals surface area contributed by atoms with Crippen LogP contribution in [0.5, 0.6) is 0 Å². The molecule has 2 heteroatoms. The van der Waals surface area contributed by atoms with E-state index in [1.807, 2.05) is 12.1 Å². The van der Waals surface area contributed by atoms with Crippen molar-refractivity contribution in [2.75, 3.05) is 0 Å². The minimum absolute atomic E-state index is 0.190. The molecule has 1 aromatic carbocycles. The molecule has 20 heavy (non-hydrogen) atoms. The zero-order valence-corrected chi connectivity index (χ0v) is 12.9. The van der Waals surface area contributed by atoms with Crippen LogP contribution in [0.4, 0.5) is 0 Å². The van der Waals surface area contributed by atoms with Crippen LogP contribution in [0.1, 0.15) is 51.5 Å². The van der Waals surface area contributed by atoms with E-state index >= 15 is 0 Å². The van der Waals surface area contributed by atoms with Gasteiger partial charge in [0.1, 0.15) is 0 Å². The quantitative estimate of drug-likeness (QED) is 0.746. The number of aryl methyl sites for hydroxylation is 2. The Morgan fingerprint density at radius 1 is 1.25 bits per heavy atom. The van der Waals surface area contributed by atoms with E-state index < -0.39 is 0 Å². The Morgan fingerprint density at radius 2 is 2.10 bits per heavy atom. The summed E-state index contributed by atoms with van der Waals surface area (Å²) in [6.07, 6.45) is 4.58. The van der Waals surface area contributed by atoms with Crippen LogP contribution in [-0.2, 0) is 19.3 Å². The SMILES string of the molecule is CC(C)Cc1cccc(C(=O)c2cc3c(s2)CCC3)c1. The van der Waals surface area contributed by atoms with Gasteiger partial charge < -0.3 is 0 Å². The Kier molecular flexibility index (Phi) is 3.75. The van der Waals surface area contributed by atoms with Crippen molar-refractivity contribution >= 4 is 17.1 Å². The number of carbonyl (C=O) groups is 1. The summed E-state index contributed by atoms with van der Waals surface area (Å²) < 4.78 is 0. The van der Waals surface area contributed by atoms with Crippen LogP contribution in [0, 0.1) is 5.92 Å². The van der Waals surface area contributed by atoms with Crippen LogP contribution >= 0.6 is 11.3 Å². The van der Waals surface area contributed by atoms with Gasteiger partial charge >= 0.3 is 0 Å². The van der Waals surface area contributed by atoms with E-state index in [1.165, 1.54) is 22.4 Å². The lowest BCUT2D eigenvalue weighted by molar-refractivity contribution is 0.104. The summed E-state index contributed by atoms with van der Waals surface area (Å²) >= 11 is 1.70. The van der Waals surface area contributed by atoms with E-state index in [2.05, 4.69) is 32.0 Å². The molecule has 2 aromatic rings. The number of ketones is 1. The second-order valence-electron chi connectivity index (χ2n) is 6.04. The van der Waals surface area contributed by atoms with Gasteiger partial charge in [0.15, 0.2) is 0 Å². The van der Waals surface area contributed by atoms with Crippen molar-refractivity contribution in [3.8, 4) is 0 Å². The van der Waals surface area contributed by atoms with Crippen LogP contribution in [0.25, 0.3) is 0 Å². The number of fused-ring (bicyclic) bond motifs is 1. The van der Waals surface area contributed by atoms with Crippen molar-refractivity contribution in [1.82, 2.24) is 0 Å². The second-order valence-corrected chi connectivity index (χ2v) is 7.18. The molecule has 0 unspecified atom stereocenters. The molecule has 0 aliphatic heterocycles. The Bertz CT molecular complexity index is 615. The van der Waals surface area contributed by atoms with E-state index in [1.54, 1.807) is 11.3 Å². The van der Waals surface area contributed by atoms with Gasteiger partial charge in [-0.1, -0.05) is 32.0 Å². The smallest absolute Gasteiger partial charge is 0.202 e. The molecule has 0 N–H and O–H groups in total. The van der Waals surface area contributed by atoms with Gasteiger partial charge in [-0.05, 0) is 54.9 Å². The van der Waals surface area contributed by atoms with Crippen molar-refractivity contribution in [1.29, 1.82) is 0 Å². The van der Waals surface area contributed by atoms with E-state index in [4.69, 9.17) is 0 Å². The molecule has 0 atom stereocenters. The highest BCUT2D eigenvalue weighted by Crippen LogP contribution is 2.31. The Balaban J connectivity index is 1.86. The maximum Gasteiger partial charge on any atom is 0.202 e. The lowest BCUT2D eigenvalue weighted by Crippen LogP contribution is -2.01. The Labute approximate surface area is 124 Å². The number of hydrogen-bond acceptors (Lipinski definition) is 2. The molecule has 0 spiro atoms. The van der Waals surface area contributed by atoms with Gasteiger partial charge in [-0.3, -0.25) is 4.79 Å². The maximum absolute atomic E-state index is 12.6. The zero-order chi connectivity index (χ0) is 14.1. The predicted molar refractivity (Wildman–Crippen MR) is 84.8 cm³/mol. The average Bonchev–Trinajstić information content (AvgIpc) is 2.98. The topological polar surface area (TPSA) is 17.1 Å². The van der Waals surface area contributed by atoms with Crippen molar-refractivity contribution in [3.63, 3.8) is 0 Å². The van der Waals surface area contributed by atoms with Crippen molar-refractivity contribution in [2.45, 2.75) is 39.5 Å². The first-order chi connectivity index (χ1) is 9.63. The Hall–Kier alpha value is -1.41. The summed E-state index contributed by atoms with van der Waals surface area (Å²) in [6.45, 7) is 4.41. The summed E-state index contributed by atoms with van der Waals surface area (Å²) in [6, 6.07) is 10.2. The lowest BCUT2D eigenvalue weighted by atomic mass is 9.99. The highest BCUT2D eigenvalue weighted by molar-refractivity contribution is 7.14. The average molecular weight is 284 g/mol. The zero-order valence-electron chi connectivity index (χ0n) is 12.1. The summed E-state index contributed by atoms with van der Waals surface area (Å²) in [5.41, 5.74) is 3.50. The fourth-order valence-electron chi connectivity index (χ4n) is 2.89. The summed E-state index contributed by atoms with van der Waals surface area (Å²) in [5, 5.41) is 0. The fraction of sp³-hybridized carbons (Fsp3) is 0.389. The molecule has 104 valence electrons. The first kappa shape index (κ1) is 13.6. The fourth-order valence-corrected chi connectivity index (χ4v) is 4.11. The van der Waals surface area contributed by atoms with E-state index in [-0.39, 0.29) is 5.78 Å². The lowest BCUT2D eigenvalue weighted by Gasteiger charge is -2.06. The second kappa shape index (κ2) is 5.53. The minimum Gasteiger partial charge on any atom is -0.288 e.